The van der Waals surface area contributed by atoms with Crippen molar-refractivity contribution < 1.29 is 14.4 Å². The predicted octanol–water partition coefficient (Wildman–Crippen LogP) is 6.48. The molecule has 304 valence electrons. The molecule has 0 bridgehead atoms. The quantitative estimate of drug-likeness (QED) is 0.0926. The number of carbonyl (C=O) groups is 3. The number of hydrogen-bond donors (Lipinski definition) is 4. The first-order valence-electron chi connectivity index (χ1n) is 20.3. The fraction of sp³-hybridized carbons (Fsp3) is 0.714. The highest BCUT2D eigenvalue weighted by molar-refractivity contribution is 7.98. The summed E-state index contributed by atoms with van der Waals surface area (Å²) < 4.78 is 0. The van der Waals surface area contributed by atoms with Crippen LogP contribution in [0.5, 0.6) is 0 Å². The van der Waals surface area contributed by atoms with Gasteiger partial charge < -0.3 is 31.1 Å². The molecule has 54 heavy (non-hydrogen) atoms. The van der Waals surface area contributed by atoms with Crippen LogP contribution in [0.4, 0.5) is 0 Å². The van der Waals surface area contributed by atoms with Crippen LogP contribution in [-0.4, -0.2) is 101 Å². The molecular weight excluding hydrogens is 715 g/mol. The number of pyridine rings is 1. The van der Waals surface area contributed by atoms with Gasteiger partial charge in [0.1, 0.15) is 11.6 Å². The van der Waals surface area contributed by atoms with Gasteiger partial charge in [0.05, 0.1) is 11.4 Å². The lowest BCUT2D eigenvalue weighted by Gasteiger charge is -2.43. The van der Waals surface area contributed by atoms with Gasteiger partial charge in [-0.15, -0.1) is 0 Å². The zero-order chi connectivity index (χ0) is 39.7. The maximum Gasteiger partial charge on any atom is 0.246 e. The number of nitrogens with zero attached hydrogens (tertiary/aromatic N) is 3. The first-order valence-corrected chi connectivity index (χ1v) is 22.6. The van der Waals surface area contributed by atoms with Crippen molar-refractivity contribution in [2.45, 2.75) is 134 Å². The highest BCUT2D eigenvalue weighted by atomic mass is 32.2. The van der Waals surface area contributed by atoms with Crippen LogP contribution < -0.4 is 21.3 Å². The predicted molar refractivity (Wildman–Crippen MR) is 228 cm³/mol. The molecule has 0 aliphatic carbocycles. The van der Waals surface area contributed by atoms with Gasteiger partial charge in [0.15, 0.2) is 0 Å². The molecule has 3 atom stereocenters. The molecule has 3 heterocycles. The minimum Gasteiger partial charge on any atom is -0.386 e. The Morgan fingerprint density at radius 1 is 0.926 bits per heavy atom. The van der Waals surface area contributed by atoms with Crippen molar-refractivity contribution in [3.05, 3.63) is 54.1 Å². The Balaban J connectivity index is 1.51. The summed E-state index contributed by atoms with van der Waals surface area (Å²) >= 11 is 3.55. The lowest BCUT2D eigenvalue weighted by molar-refractivity contribution is -0.138. The van der Waals surface area contributed by atoms with E-state index in [1.165, 1.54) is 12.8 Å². The van der Waals surface area contributed by atoms with E-state index >= 15 is 0 Å². The molecule has 3 amide bonds. The molecule has 2 saturated heterocycles. The molecule has 4 N–H and O–H groups in total. The van der Waals surface area contributed by atoms with Crippen LogP contribution in [0.1, 0.15) is 111 Å². The number of thioether (sulfide) groups is 2. The zero-order valence-electron chi connectivity index (χ0n) is 34.4. The molecule has 1 aromatic heterocycles. The molecule has 2 fully saturated rings. The van der Waals surface area contributed by atoms with Gasteiger partial charge in [0.25, 0.3) is 0 Å². The van der Waals surface area contributed by atoms with E-state index < -0.39 is 11.6 Å². The monoisotopic (exact) mass is 786 g/mol. The Hall–Kier alpha value is -2.70. The molecule has 0 aromatic carbocycles. The van der Waals surface area contributed by atoms with Gasteiger partial charge in [-0.05, 0) is 102 Å². The number of likely N-dealkylation sites (tertiary alicyclic amines) is 2. The van der Waals surface area contributed by atoms with Crippen LogP contribution in [0.3, 0.4) is 0 Å². The first-order chi connectivity index (χ1) is 25.7. The zero-order valence-corrected chi connectivity index (χ0v) is 36.1. The number of rotatable bonds is 23. The largest absolute Gasteiger partial charge is 0.386 e. The van der Waals surface area contributed by atoms with E-state index in [0.29, 0.717) is 62.2 Å². The third-order valence-corrected chi connectivity index (χ3v) is 13.0. The topological polar surface area (TPSA) is 119 Å². The van der Waals surface area contributed by atoms with E-state index in [1.807, 2.05) is 38.6 Å². The summed E-state index contributed by atoms with van der Waals surface area (Å²) in [4.78, 5) is 50.6. The molecule has 0 saturated carbocycles. The normalized spacial score (nSPS) is 18.0. The van der Waals surface area contributed by atoms with Gasteiger partial charge in [-0.2, -0.15) is 23.5 Å². The molecule has 0 radical (unpaired) electrons. The van der Waals surface area contributed by atoms with Gasteiger partial charge in [-0.3, -0.25) is 19.4 Å². The van der Waals surface area contributed by atoms with Gasteiger partial charge in [-0.25, -0.2) is 0 Å². The standard InChI is InChI=1S/C42H71N7O3S2/c1-10-31(5)34(8)44-40(51)38(27-30(3)4)46-41(52)42(19-23-49(24-20-42)33(7)11-2)47-39(50)18-26-54-29-37-14-12-13-36(45-37)28-53-25-17-32(6)43-35-15-21-48(9)22-16-35/h12-14,30-31,34-35,38,43H,6-7,10-11,15-29H2,1-5,8-9H3,(H,44,51)(H,46,52)(H,47,50). The van der Waals surface area contributed by atoms with E-state index in [-0.39, 0.29) is 29.7 Å². The summed E-state index contributed by atoms with van der Waals surface area (Å²) in [6.07, 6.45) is 6.79. The summed E-state index contributed by atoms with van der Waals surface area (Å²) in [5.41, 5.74) is 3.13. The van der Waals surface area contributed by atoms with E-state index in [9.17, 15) is 14.4 Å². The van der Waals surface area contributed by atoms with Gasteiger partial charge >= 0.3 is 0 Å². The van der Waals surface area contributed by atoms with E-state index in [1.54, 1.807) is 11.8 Å². The third-order valence-electron chi connectivity index (χ3n) is 11.0. The summed E-state index contributed by atoms with van der Waals surface area (Å²) in [5.74, 6) is 3.10. The van der Waals surface area contributed by atoms with Crippen molar-refractivity contribution in [3.63, 3.8) is 0 Å². The summed E-state index contributed by atoms with van der Waals surface area (Å²) in [7, 11) is 2.18. The molecular formula is C42H71N7O3S2. The Morgan fingerprint density at radius 2 is 1.54 bits per heavy atom. The summed E-state index contributed by atoms with van der Waals surface area (Å²) in [5, 5.41) is 13.0. The lowest BCUT2D eigenvalue weighted by Crippen LogP contribution is -2.65. The van der Waals surface area contributed by atoms with Crippen LogP contribution in [0.2, 0.25) is 0 Å². The highest BCUT2D eigenvalue weighted by Gasteiger charge is 2.44. The first kappa shape index (κ1) is 45.7. The van der Waals surface area contributed by atoms with Crippen LogP contribution >= 0.6 is 23.5 Å². The van der Waals surface area contributed by atoms with E-state index in [0.717, 1.165) is 66.6 Å². The number of amides is 3. The van der Waals surface area contributed by atoms with Crippen LogP contribution in [0.15, 0.2) is 42.8 Å². The minimum atomic E-state index is -1.09. The average molecular weight is 786 g/mol. The van der Waals surface area contributed by atoms with Crippen molar-refractivity contribution in [1.29, 1.82) is 0 Å². The number of hydrogen-bond acceptors (Lipinski definition) is 9. The Kier molecular flexibility index (Phi) is 19.8. The third kappa shape index (κ3) is 15.4. The second-order valence-electron chi connectivity index (χ2n) is 15.9. The fourth-order valence-corrected chi connectivity index (χ4v) is 8.65. The van der Waals surface area contributed by atoms with Gasteiger partial charge in [0, 0.05) is 60.2 Å². The van der Waals surface area contributed by atoms with Crippen molar-refractivity contribution in [2.75, 3.05) is 44.7 Å². The van der Waals surface area contributed by atoms with Crippen molar-refractivity contribution in [3.8, 4) is 0 Å². The van der Waals surface area contributed by atoms with Crippen molar-refractivity contribution >= 4 is 41.2 Å². The van der Waals surface area contributed by atoms with Crippen molar-refractivity contribution in [2.24, 2.45) is 11.8 Å². The van der Waals surface area contributed by atoms with E-state index in [2.05, 4.69) is 84.2 Å². The molecule has 2 aliphatic rings. The van der Waals surface area contributed by atoms with Crippen molar-refractivity contribution in [1.82, 2.24) is 36.1 Å². The Morgan fingerprint density at radius 3 is 2.11 bits per heavy atom. The fourth-order valence-electron chi connectivity index (χ4n) is 6.90. The molecule has 3 rings (SSSR count). The molecule has 0 spiro atoms. The molecule has 3 unspecified atom stereocenters. The Bertz CT molecular complexity index is 1360. The summed E-state index contributed by atoms with van der Waals surface area (Å²) in [6.45, 7) is 24.4. The van der Waals surface area contributed by atoms with Crippen LogP contribution in [0, 0.1) is 11.8 Å². The lowest BCUT2D eigenvalue weighted by atomic mass is 9.85. The number of aromatic nitrogens is 1. The summed E-state index contributed by atoms with van der Waals surface area (Å²) in [6, 6.07) is 6.04. The van der Waals surface area contributed by atoms with Crippen LogP contribution in [-0.2, 0) is 25.9 Å². The van der Waals surface area contributed by atoms with Crippen LogP contribution in [0.25, 0.3) is 0 Å². The number of allylic oxidation sites excluding steroid dienone is 2. The van der Waals surface area contributed by atoms with E-state index in [4.69, 9.17) is 4.98 Å². The molecule has 12 heteroatoms. The SMILES string of the molecule is C=C(CCSCc1cccc(CSCCC(=O)NC2(C(=O)NC(CC(C)C)C(=O)NC(C)C(C)CC)CCN(C(=C)CC)CC2)n1)NC1CCN(C)CC1. The second kappa shape index (κ2) is 23.4. The molecule has 1 aromatic rings. The average Bonchev–Trinajstić information content (AvgIpc) is 3.15. The Labute approximate surface area is 335 Å². The second-order valence-corrected chi connectivity index (χ2v) is 18.1. The molecule has 2 aliphatic heterocycles. The number of carbonyl (C=O) groups excluding carboxylic acids is 3. The van der Waals surface area contributed by atoms with Gasteiger partial charge in [-0.1, -0.05) is 60.3 Å². The molecule has 10 nitrogen and oxygen atoms in total. The highest BCUT2D eigenvalue weighted by Crippen LogP contribution is 2.27. The smallest absolute Gasteiger partial charge is 0.246 e. The maximum atomic E-state index is 14.2. The minimum absolute atomic E-state index is 0.00705. The number of piperidine rings is 2. The number of nitrogens with one attached hydrogen (secondary N) is 4. The maximum absolute atomic E-state index is 14.2. The van der Waals surface area contributed by atoms with Gasteiger partial charge in [0.2, 0.25) is 17.7 Å².